The summed E-state index contributed by atoms with van der Waals surface area (Å²) >= 11 is 0. The lowest BCUT2D eigenvalue weighted by molar-refractivity contribution is -0.142. The molecule has 12 heteroatoms. The van der Waals surface area contributed by atoms with Crippen LogP contribution < -0.4 is 5.32 Å². The van der Waals surface area contributed by atoms with E-state index < -0.39 is 23.7 Å². The number of hydrogen-bond acceptors (Lipinski definition) is 6. The highest BCUT2D eigenvalue weighted by Crippen LogP contribution is 2.39. The van der Waals surface area contributed by atoms with Crippen molar-refractivity contribution in [2.24, 2.45) is 0 Å². The molecule has 1 aromatic carbocycles. The number of carbonyl (C=O) groups excluding carboxylic acids is 1. The Morgan fingerprint density at radius 2 is 1.97 bits per heavy atom. The van der Waals surface area contributed by atoms with Gasteiger partial charge in [-0.3, -0.25) is 9.78 Å². The Bertz CT molecular complexity index is 1660. The van der Waals surface area contributed by atoms with Gasteiger partial charge in [0.1, 0.15) is 11.5 Å². The van der Waals surface area contributed by atoms with E-state index in [4.69, 9.17) is 4.74 Å². The van der Waals surface area contributed by atoms with Gasteiger partial charge in [-0.25, -0.2) is 14.1 Å². The Morgan fingerprint density at radius 1 is 1.16 bits per heavy atom. The average molecular weight is 526 g/mol. The van der Waals surface area contributed by atoms with Crippen LogP contribution in [0, 0.1) is 5.82 Å². The van der Waals surface area contributed by atoms with E-state index in [9.17, 15) is 22.4 Å². The maximum Gasteiger partial charge on any atom is 0.435 e. The number of benzene rings is 1. The predicted octanol–water partition coefficient (Wildman–Crippen LogP) is 5.66. The van der Waals surface area contributed by atoms with Crippen molar-refractivity contribution >= 4 is 33.6 Å². The van der Waals surface area contributed by atoms with Crippen LogP contribution in [-0.4, -0.2) is 43.9 Å². The molecule has 8 nitrogen and oxygen atoms in total. The second kappa shape index (κ2) is 9.77. The van der Waals surface area contributed by atoms with Gasteiger partial charge < -0.3 is 15.0 Å². The molecular weight excluding hydrogens is 504 g/mol. The fourth-order valence-electron chi connectivity index (χ4n) is 4.40. The van der Waals surface area contributed by atoms with Crippen molar-refractivity contribution in [3.63, 3.8) is 0 Å². The lowest BCUT2D eigenvalue weighted by Gasteiger charge is -2.13. The summed E-state index contributed by atoms with van der Waals surface area (Å²) in [4.78, 5) is 23.9. The molecule has 0 spiro atoms. The molecule has 0 saturated carbocycles. The Morgan fingerprint density at radius 3 is 2.68 bits per heavy atom. The summed E-state index contributed by atoms with van der Waals surface area (Å²) in [5.74, 6) is -0.967. The summed E-state index contributed by atoms with van der Waals surface area (Å²) in [5.41, 5.74) is 1.96. The van der Waals surface area contributed by atoms with Crippen molar-refractivity contribution in [1.29, 1.82) is 0 Å². The Labute approximate surface area is 213 Å². The van der Waals surface area contributed by atoms with Gasteiger partial charge in [-0.2, -0.15) is 18.3 Å². The summed E-state index contributed by atoms with van der Waals surface area (Å²) in [6.07, 6.45) is 0.990. The molecule has 196 valence electrons. The molecule has 2 N–H and O–H groups in total. The second-order valence-electron chi connectivity index (χ2n) is 8.48. The maximum absolute atomic E-state index is 14.7. The Hall–Kier alpha value is -4.48. The monoisotopic (exact) mass is 526 g/mol. The smallest absolute Gasteiger partial charge is 0.435 e. The van der Waals surface area contributed by atoms with Gasteiger partial charge in [-0.15, -0.1) is 0 Å². The maximum atomic E-state index is 14.7. The van der Waals surface area contributed by atoms with Crippen molar-refractivity contribution in [3.8, 4) is 16.8 Å². The molecule has 0 saturated heterocycles. The molecule has 5 aromatic rings. The topological polar surface area (TPSA) is 97.7 Å². The molecule has 0 bridgehead atoms. The molecule has 38 heavy (non-hydrogen) atoms. The van der Waals surface area contributed by atoms with E-state index in [1.165, 1.54) is 36.9 Å². The third-order valence-corrected chi connectivity index (χ3v) is 5.90. The molecular formula is C26H22F4N6O2. The van der Waals surface area contributed by atoms with Crippen LogP contribution in [0.15, 0.2) is 49.1 Å². The quantitative estimate of drug-likeness (QED) is 0.210. The zero-order valence-electron chi connectivity index (χ0n) is 20.4. The van der Waals surface area contributed by atoms with Crippen LogP contribution in [0.25, 0.3) is 38.8 Å². The van der Waals surface area contributed by atoms with Crippen molar-refractivity contribution in [3.05, 3.63) is 66.1 Å². The van der Waals surface area contributed by atoms with Crippen molar-refractivity contribution in [1.82, 2.24) is 24.7 Å². The third kappa shape index (κ3) is 4.64. The number of aromatic amines is 1. The highest BCUT2D eigenvalue weighted by molar-refractivity contribution is 6.15. The number of nitrogens with one attached hydrogen (secondary N) is 2. The van der Waals surface area contributed by atoms with E-state index in [2.05, 4.69) is 25.4 Å². The van der Waals surface area contributed by atoms with Gasteiger partial charge in [0.05, 0.1) is 35.3 Å². The van der Waals surface area contributed by atoms with Gasteiger partial charge in [0.15, 0.2) is 5.69 Å². The van der Waals surface area contributed by atoms with E-state index in [1.807, 2.05) is 6.92 Å². The van der Waals surface area contributed by atoms with Crippen molar-refractivity contribution in [2.45, 2.75) is 26.4 Å². The fraction of sp³-hybridized carbons (Fsp3) is 0.231. The largest absolute Gasteiger partial charge is 0.466 e. The Balaban J connectivity index is 1.79. The summed E-state index contributed by atoms with van der Waals surface area (Å²) in [7, 11) is 0. The van der Waals surface area contributed by atoms with E-state index in [0.717, 1.165) is 10.7 Å². The number of H-pyrrole nitrogens is 1. The highest BCUT2D eigenvalue weighted by atomic mass is 19.4. The first-order valence-corrected chi connectivity index (χ1v) is 11.8. The standard InChI is InChI=1S/C26H22F4N6O2/c1-3-32-19-10-16(27)9-17-22-24(36-6-5-20(35-36)26(28,29)30)18(13-33-25(22)34-23(17)19)15-7-14(11-31-12-15)8-21(37)38-4-2/h5-7,9-13,32H,3-4,8H2,1-2H3,(H,33,34). The normalized spacial score (nSPS) is 11.8. The number of hydrogen-bond donors (Lipinski definition) is 2. The Kier molecular flexibility index (Phi) is 6.47. The number of nitrogens with zero attached hydrogens (tertiary/aromatic N) is 4. The zero-order chi connectivity index (χ0) is 27.0. The minimum Gasteiger partial charge on any atom is -0.466 e. The number of carbonyl (C=O) groups is 1. The summed E-state index contributed by atoms with van der Waals surface area (Å²) in [6.45, 7) is 4.31. The number of fused-ring (bicyclic) bond motifs is 3. The first kappa shape index (κ1) is 25.2. The molecule has 0 aliphatic carbocycles. The van der Waals surface area contributed by atoms with Gasteiger partial charge in [0.25, 0.3) is 0 Å². The van der Waals surface area contributed by atoms with Crippen LogP contribution in [-0.2, 0) is 22.1 Å². The lowest BCUT2D eigenvalue weighted by Crippen LogP contribution is -2.09. The molecule has 4 aromatic heterocycles. The molecule has 0 atom stereocenters. The summed E-state index contributed by atoms with van der Waals surface area (Å²) in [5, 5.41) is 7.69. The fourth-order valence-corrected chi connectivity index (χ4v) is 4.40. The van der Waals surface area contributed by atoms with Gasteiger partial charge in [-0.05, 0) is 43.7 Å². The van der Waals surface area contributed by atoms with Gasteiger partial charge in [0.2, 0.25) is 0 Å². The van der Waals surface area contributed by atoms with E-state index >= 15 is 0 Å². The molecule has 0 fully saturated rings. The van der Waals surface area contributed by atoms with Gasteiger partial charge >= 0.3 is 12.1 Å². The number of alkyl halides is 3. The molecule has 0 unspecified atom stereocenters. The SMILES string of the molecule is CCNc1cc(F)cc2c1[nH]c1ncc(-c3cncc(CC(=O)OCC)c3)c(-n3ccc(C(F)(F)F)n3)c12. The van der Waals surface area contributed by atoms with Gasteiger partial charge in [-0.1, -0.05) is 0 Å². The third-order valence-electron chi connectivity index (χ3n) is 5.90. The van der Waals surface area contributed by atoms with Gasteiger partial charge in [0, 0.05) is 47.8 Å². The molecule has 0 amide bonds. The lowest BCUT2D eigenvalue weighted by atomic mass is 10.0. The van der Waals surface area contributed by atoms with Crippen LogP contribution in [0.3, 0.4) is 0 Å². The highest BCUT2D eigenvalue weighted by Gasteiger charge is 2.34. The van der Waals surface area contributed by atoms with Crippen LogP contribution in [0.5, 0.6) is 0 Å². The number of aromatic nitrogens is 5. The zero-order valence-corrected chi connectivity index (χ0v) is 20.4. The first-order chi connectivity index (χ1) is 18.2. The first-order valence-electron chi connectivity index (χ1n) is 11.8. The summed E-state index contributed by atoms with van der Waals surface area (Å²) in [6, 6.07) is 5.18. The number of esters is 1. The number of halogens is 4. The summed E-state index contributed by atoms with van der Waals surface area (Å²) < 4.78 is 61.2. The van der Waals surface area contributed by atoms with Crippen LogP contribution >= 0.6 is 0 Å². The molecule has 0 aliphatic rings. The van der Waals surface area contributed by atoms with Crippen LogP contribution in [0.1, 0.15) is 25.1 Å². The second-order valence-corrected chi connectivity index (χ2v) is 8.48. The number of rotatable bonds is 7. The number of anilines is 1. The van der Waals surface area contributed by atoms with E-state index in [1.54, 1.807) is 13.0 Å². The van der Waals surface area contributed by atoms with E-state index in [0.29, 0.717) is 50.9 Å². The van der Waals surface area contributed by atoms with Crippen LogP contribution in [0.2, 0.25) is 0 Å². The number of ether oxygens (including phenoxy) is 1. The van der Waals surface area contributed by atoms with Crippen molar-refractivity contribution in [2.75, 3.05) is 18.5 Å². The predicted molar refractivity (Wildman–Crippen MR) is 133 cm³/mol. The molecule has 5 rings (SSSR count). The molecule has 4 heterocycles. The molecule has 0 radical (unpaired) electrons. The molecule has 0 aliphatic heterocycles. The minimum absolute atomic E-state index is 0.0377. The average Bonchev–Trinajstić information content (AvgIpc) is 3.50. The van der Waals surface area contributed by atoms with E-state index in [-0.39, 0.29) is 18.7 Å². The minimum atomic E-state index is -4.66. The van der Waals surface area contributed by atoms with Crippen LogP contribution in [0.4, 0.5) is 23.2 Å². The number of pyridine rings is 2. The van der Waals surface area contributed by atoms with Crippen molar-refractivity contribution < 1.29 is 27.1 Å².